The van der Waals surface area contributed by atoms with Gasteiger partial charge < -0.3 is 25.0 Å². The first-order chi connectivity index (χ1) is 15.2. The quantitative estimate of drug-likeness (QED) is 0.501. The van der Waals surface area contributed by atoms with Gasteiger partial charge in [0.1, 0.15) is 18.8 Å². The van der Waals surface area contributed by atoms with Crippen LogP contribution in [0.4, 0.5) is 5.69 Å². The third kappa shape index (κ3) is 7.38. The zero-order valence-electron chi connectivity index (χ0n) is 18.1. The molecule has 166 valence electrons. The molecule has 2 amide bonds. The minimum atomic E-state index is -0.164. The van der Waals surface area contributed by atoms with Crippen LogP contribution in [0.5, 0.6) is 5.75 Å². The van der Waals surface area contributed by atoms with Crippen molar-refractivity contribution in [2.75, 3.05) is 51.8 Å². The second kappa shape index (κ2) is 12.1. The molecule has 0 aliphatic carbocycles. The van der Waals surface area contributed by atoms with Crippen molar-refractivity contribution in [3.63, 3.8) is 0 Å². The number of amides is 2. The number of hydrogen-bond acceptors (Lipinski definition) is 4. The molecule has 2 aromatic rings. The third-order valence-electron chi connectivity index (χ3n) is 5.44. The second-order valence-electron chi connectivity index (χ2n) is 7.66. The van der Waals surface area contributed by atoms with Crippen LogP contribution in [0.2, 0.25) is 0 Å². The molecule has 0 bridgehead atoms. The summed E-state index contributed by atoms with van der Waals surface area (Å²) in [5.41, 5.74) is 2.09. The molecule has 1 aliphatic rings. The van der Waals surface area contributed by atoms with E-state index >= 15 is 0 Å². The highest BCUT2D eigenvalue weighted by atomic mass is 16.5. The first-order valence-electron chi connectivity index (χ1n) is 10.9. The van der Waals surface area contributed by atoms with E-state index < -0.39 is 0 Å². The minimum absolute atomic E-state index is 0.119. The number of anilines is 1. The second-order valence-corrected chi connectivity index (χ2v) is 7.66. The Morgan fingerprint density at radius 1 is 1.06 bits per heavy atom. The minimum Gasteiger partial charge on any atom is -0.497 e. The molecule has 1 saturated heterocycles. The van der Waals surface area contributed by atoms with Gasteiger partial charge >= 0.3 is 0 Å². The molecule has 1 heterocycles. The number of morpholine rings is 1. The number of carbonyl (C=O) groups excluding carboxylic acids is 2. The van der Waals surface area contributed by atoms with Gasteiger partial charge in [0.15, 0.2) is 0 Å². The Morgan fingerprint density at radius 2 is 1.81 bits per heavy atom. The van der Waals surface area contributed by atoms with Crippen molar-refractivity contribution in [2.24, 2.45) is 0 Å². The number of hydrogen-bond donors (Lipinski definition) is 3. The van der Waals surface area contributed by atoms with Crippen LogP contribution < -0.4 is 20.3 Å². The van der Waals surface area contributed by atoms with Crippen LogP contribution in [0.3, 0.4) is 0 Å². The van der Waals surface area contributed by atoms with E-state index in [-0.39, 0.29) is 11.8 Å². The van der Waals surface area contributed by atoms with E-state index in [9.17, 15) is 9.59 Å². The molecule has 7 heteroatoms. The van der Waals surface area contributed by atoms with Crippen molar-refractivity contribution >= 4 is 17.5 Å². The summed E-state index contributed by atoms with van der Waals surface area (Å²) >= 11 is 0. The van der Waals surface area contributed by atoms with Crippen molar-refractivity contribution in [1.29, 1.82) is 0 Å². The standard InChI is InChI=1S/C24H31N3O4/c1-30-20-10-7-19(8-11-20)9-12-23(28)26-22-6-3-2-5-21(22)24(29)25-13-4-14-27-15-17-31-18-16-27/h2-3,5-8,10-11H,4,9,12-18H2,1H3,(H,25,29)(H,26,28)/p+1. The molecule has 0 saturated carbocycles. The molecule has 3 N–H and O–H groups in total. The number of carbonyl (C=O) groups is 2. The molecule has 0 unspecified atom stereocenters. The van der Waals surface area contributed by atoms with Gasteiger partial charge in [-0.2, -0.15) is 0 Å². The lowest BCUT2D eigenvalue weighted by Gasteiger charge is -2.23. The fourth-order valence-electron chi connectivity index (χ4n) is 3.60. The van der Waals surface area contributed by atoms with Crippen LogP contribution in [-0.2, 0) is 16.0 Å². The van der Waals surface area contributed by atoms with Crippen LogP contribution in [0.15, 0.2) is 48.5 Å². The van der Waals surface area contributed by atoms with E-state index in [1.54, 1.807) is 25.3 Å². The topological polar surface area (TPSA) is 81.1 Å². The van der Waals surface area contributed by atoms with Gasteiger partial charge in [0.2, 0.25) is 5.91 Å². The van der Waals surface area contributed by atoms with E-state index in [0.29, 0.717) is 30.6 Å². The normalized spacial score (nSPS) is 14.1. The lowest BCUT2D eigenvalue weighted by molar-refractivity contribution is -0.908. The summed E-state index contributed by atoms with van der Waals surface area (Å²) in [6, 6.07) is 14.8. The number of rotatable bonds is 10. The van der Waals surface area contributed by atoms with Crippen LogP contribution in [-0.4, -0.2) is 58.3 Å². The monoisotopic (exact) mass is 426 g/mol. The van der Waals surface area contributed by atoms with Crippen molar-refractivity contribution in [3.05, 3.63) is 59.7 Å². The van der Waals surface area contributed by atoms with Gasteiger partial charge in [-0.05, 0) is 36.2 Å². The van der Waals surface area contributed by atoms with Gasteiger partial charge in [0, 0.05) is 19.4 Å². The number of ether oxygens (including phenoxy) is 2. The Labute approximate surface area is 183 Å². The van der Waals surface area contributed by atoms with Crippen LogP contribution in [0, 0.1) is 0 Å². The molecule has 2 aromatic carbocycles. The van der Waals surface area contributed by atoms with E-state index in [1.165, 1.54) is 4.90 Å². The first-order valence-corrected chi connectivity index (χ1v) is 10.9. The summed E-state index contributed by atoms with van der Waals surface area (Å²) in [4.78, 5) is 26.6. The summed E-state index contributed by atoms with van der Waals surface area (Å²) in [5, 5.41) is 5.86. The molecule has 0 aromatic heterocycles. The van der Waals surface area contributed by atoms with Crippen LogP contribution >= 0.6 is 0 Å². The number of quaternary nitrogens is 1. The van der Waals surface area contributed by atoms with Crippen LogP contribution in [0.25, 0.3) is 0 Å². The van der Waals surface area contributed by atoms with Crippen molar-refractivity contribution in [2.45, 2.75) is 19.3 Å². The maximum atomic E-state index is 12.6. The van der Waals surface area contributed by atoms with Crippen molar-refractivity contribution in [3.8, 4) is 5.75 Å². The number of benzene rings is 2. The average molecular weight is 427 g/mol. The summed E-state index contributed by atoms with van der Waals surface area (Å²) in [5.74, 6) is 0.509. The maximum Gasteiger partial charge on any atom is 0.253 e. The molecule has 0 radical (unpaired) electrons. The SMILES string of the molecule is COc1ccc(CCC(=O)Nc2ccccc2C(=O)NCCC[NH+]2CCOCC2)cc1. The van der Waals surface area contributed by atoms with E-state index in [1.807, 2.05) is 30.3 Å². The Bertz CT molecular complexity index is 848. The predicted octanol–water partition coefficient (Wildman–Crippen LogP) is 1.30. The summed E-state index contributed by atoms with van der Waals surface area (Å²) in [7, 11) is 1.63. The molecular weight excluding hydrogens is 394 g/mol. The Hall–Kier alpha value is -2.90. The Morgan fingerprint density at radius 3 is 2.55 bits per heavy atom. The molecule has 0 atom stereocenters. The summed E-state index contributed by atoms with van der Waals surface area (Å²) < 4.78 is 10.5. The number of para-hydroxylation sites is 1. The zero-order valence-corrected chi connectivity index (χ0v) is 18.1. The van der Waals surface area contributed by atoms with Gasteiger partial charge in [-0.15, -0.1) is 0 Å². The number of aryl methyl sites for hydroxylation is 1. The van der Waals surface area contributed by atoms with Gasteiger partial charge in [-0.3, -0.25) is 9.59 Å². The summed E-state index contributed by atoms with van der Waals surface area (Å²) in [6.07, 6.45) is 1.87. The maximum absolute atomic E-state index is 12.6. The lowest BCUT2D eigenvalue weighted by atomic mass is 10.1. The molecule has 0 spiro atoms. The average Bonchev–Trinajstić information content (AvgIpc) is 2.82. The molecule has 31 heavy (non-hydrogen) atoms. The zero-order chi connectivity index (χ0) is 21.9. The molecular formula is C24H32N3O4+. The largest absolute Gasteiger partial charge is 0.497 e. The highest BCUT2D eigenvalue weighted by Crippen LogP contribution is 2.16. The summed E-state index contributed by atoms with van der Waals surface area (Å²) in [6.45, 7) is 5.31. The van der Waals surface area contributed by atoms with Crippen molar-refractivity contribution in [1.82, 2.24) is 5.32 Å². The molecule has 7 nitrogen and oxygen atoms in total. The predicted molar refractivity (Wildman–Crippen MR) is 120 cm³/mol. The van der Waals surface area contributed by atoms with E-state index in [4.69, 9.17) is 9.47 Å². The van der Waals surface area contributed by atoms with E-state index in [2.05, 4.69) is 10.6 Å². The van der Waals surface area contributed by atoms with Gasteiger partial charge in [-0.25, -0.2) is 0 Å². The fraction of sp³-hybridized carbons (Fsp3) is 0.417. The highest BCUT2D eigenvalue weighted by Gasteiger charge is 2.15. The first kappa shape index (κ1) is 22.8. The Balaban J connectivity index is 1.45. The van der Waals surface area contributed by atoms with Crippen molar-refractivity contribution < 1.29 is 24.0 Å². The fourth-order valence-corrected chi connectivity index (χ4v) is 3.60. The molecule has 1 fully saturated rings. The van der Waals surface area contributed by atoms with E-state index in [0.717, 1.165) is 50.6 Å². The van der Waals surface area contributed by atoms with Gasteiger partial charge in [-0.1, -0.05) is 24.3 Å². The molecule has 1 aliphatic heterocycles. The molecule has 3 rings (SSSR count). The van der Waals surface area contributed by atoms with Crippen LogP contribution in [0.1, 0.15) is 28.8 Å². The third-order valence-corrected chi connectivity index (χ3v) is 5.44. The highest BCUT2D eigenvalue weighted by molar-refractivity contribution is 6.03. The lowest BCUT2D eigenvalue weighted by Crippen LogP contribution is -3.14. The Kier molecular flexibility index (Phi) is 8.87. The number of nitrogens with one attached hydrogen (secondary N) is 3. The van der Waals surface area contributed by atoms with Gasteiger partial charge in [0.25, 0.3) is 5.91 Å². The smallest absolute Gasteiger partial charge is 0.253 e. The number of methoxy groups -OCH3 is 1. The van der Waals surface area contributed by atoms with Gasteiger partial charge in [0.05, 0.1) is 38.1 Å².